The second kappa shape index (κ2) is 10.1. The number of ether oxygens (including phenoxy) is 2. The molecule has 1 aromatic carbocycles. The maximum Gasteiger partial charge on any atom is 0.179 e. The molecule has 0 aliphatic heterocycles. The van der Waals surface area contributed by atoms with Crippen molar-refractivity contribution < 1.29 is 14.6 Å². The summed E-state index contributed by atoms with van der Waals surface area (Å²) in [4.78, 5) is 0. The van der Waals surface area contributed by atoms with Crippen LogP contribution in [0.3, 0.4) is 0 Å². The van der Waals surface area contributed by atoms with Crippen LogP contribution in [-0.2, 0) is 6.54 Å². The first-order chi connectivity index (χ1) is 8.72. The van der Waals surface area contributed by atoms with Crippen LogP contribution in [0.4, 0.5) is 0 Å². The quantitative estimate of drug-likeness (QED) is 0.725. The van der Waals surface area contributed by atoms with Gasteiger partial charge in [-0.2, -0.15) is 0 Å². The van der Waals surface area contributed by atoms with Gasteiger partial charge in [0.15, 0.2) is 11.5 Å². The Hall–Kier alpha value is -0.680. The minimum absolute atomic E-state index is 0. The first-order valence-electron chi connectivity index (χ1n) is 6.12. The van der Waals surface area contributed by atoms with Gasteiger partial charge in [0.25, 0.3) is 0 Å². The first kappa shape index (κ1) is 18.3. The van der Waals surface area contributed by atoms with Crippen molar-refractivity contribution in [1.82, 2.24) is 5.32 Å². The zero-order chi connectivity index (χ0) is 13.4. The molecule has 0 radical (unpaired) electrons. The average molecular weight is 310 g/mol. The topological polar surface area (TPSA) is 50.7 Å². The average Bonchev–Trinajstić information content (AvgIpc) is 2.34. The summed E-state index contributed by atoms with van der Waals surface area (Å²) in [7, 11) is 0. The molecule has 19 heavy (non-hydrogen) atoms. The van der Waals surface area contributed by atoms with Gasteiger partial charge in [0.1, 0.15) is 0 Å². The van der Waals surface area contributed by atoms with Crippen molar-refractivity contribution in [2.45, 2.75) is 20.4 Å². The van der Waals surface area contributed by atoms with Gasteiger partial charge in [-0.1, -0.05) is 11.6 Å². The molecule has 0 aliphatic carbocycles. The largest absolute Gasteiger partial charge is 0.490 e. The summed E-state index contributed by atoms with van der Waals surface area (Å²) in [5.74, 6) is 1.25. The van der Waals surface area contributed by atoms with Crippen LogP contribution in [0.2, 0.25) is 5.02 Å². The lowest BCUT2D eigenvalue weighted by Gasteiger charge is -2.14. The number of rotatable bonds is 8. The predicted molar refractivity (Wildman–Crippen MR) is 79.8 cm³/mol. The molecule has 0 unspecified atom stereocenters. The van der Waals surface area contributed by atoms with E-state index in [1.54, 1.807) is 0 Å². The van der Waals surface area contributed by atoms with Crippen LogP contribution in [0.15, 0.2) is 12.1 Å². The van der Waals surface area contributed by atoms with Crippen molar-refractivity contribution >= 4 is 24.0 Å². The summed E-state index contributed by atoms with van der Waals surface area (Å²) < 4.78 is 11.0. The Balaban J connectivity index is 0.00000324. The number of aliphatic hydroxyl groups excluding tert-OH is 1. The van der Waals surface area contributed by atoms with Gasteiger partial charge in [0.2, 0.25) is 0 Å². The van der Waals surface area contributed by atoms with E-state index in [4.69, 9.17) is 26.2 Å². The molecule has 110 valence electrons. The number of halogens is 2. The highest BCUT2D eigenvalue weighted by molar-refractivity contribution is 6.32. The Labute approximate surface area is 125 Å². The zero-order valence-corrected chi connectivity index (χ0v) is 12.8. The fraction of sp³-hybridized carbons (Fsp3) is 0.538. The number of nitrogens with one attached hydrogen (secondary N) is 1. The van der Waals surface area contributed by atoms with Crippen LogP contribution in [0, 0.1) is 0 Å². The fourth-order valence-electron chi connectivity index (χ4n) is 1.58. The number of hydrogen-bond acceptors (Lipinski definition) is 4. The molecule has 2 N–H and O–H groups in total. The summed E-state index contributed by atoms with van der Waals surface area (Å²) in [6.45, 7) is 6.22. The lowest BCUT2D eigenvalue weighted by molar-refractivity contribution is 0.286. The Bertz CT molecular complexity index is 375. The molecular weight excluding hydrogens is 289 g/mol. The molecule has 0 heterocycles. The smallest absolute Gasteiger partial charge is 0.179 e. The fourth-order valence-corrected chi connectivity index (χ4v) is 1.87. The van der Waals surface area contributed by atoms with Crippen molar-refractivity contribution in [1.29, 1.82) is 0 Å². The molecule has 0 aliphatic rings. The highest BCUT2D eigenvalue weighted by atomic mass is 35.5. The molecule has 0 bridgehead atoms. The summed E-state index contributed by atoms with van der Waals surface area (Å²) >= 11 is 6.18. The zero-order valence-electron chi connectivity index (χ0n) is 11.2. The second-order valence-electron chi connectivity index (χ2n) is 3.67. The molecule has 1 aromatic rings. The van der Waals surface area contributed by atoms with Crippen molar-refractivity contribution in [3.8, 4) is 11.5 Å². The molecule has 0 saturated heterocycles. The number of benzene rings is 1. The van der Waals surface area contributed by atoms with E-state index < -0.39 is 0 Å². The summed E-state index contributed by atoms with van der Waals surface area (Å²) in [5.41, 5.74) is 1.00. The summed E-state index contributed by atoms with van der Waals surface area (Å²) in [6, 6.07) is 3.75. The summed E-state index contributed by atoms with van der Waals surface area (Å²) in [5, 5.41) is 12.4. The maximum absolute atomic E-state index is 8.72. The molecule has 0 amide bonds. The highest BCUT2D eigenvalue weighted by Gasteiger charge is 2.11. The third-order valence-corrected chi connectivity index (χ3v) is 2.56. The molecule has 0 atom stereocenters. The van der Waals surface area contributed by atoms with E-state index in [9.17, 15) is 0 Å². The molecular formula is C13H21Cl2NO3. The van der Waals surface area contributed by atoms with Gasteiger partial charge in [-0.15, -0.1) is 12.4 Å². The van der Waals surface area contributed by atoms with Gasteiger partial charge in [0.05, 0.1) is 24.8 Å². The van der Waals surface area contributed by atoms with Crippen LogP contribution in [0.25, 0.3) is 0 Å². The maximum atomic E-state index is 8.72. The molecule has 0 saturated carbocycles. The monoisotopic (exact) mass is 309 g/mol. The molecule has 4 nitrogen and oxygen atoms in total. The third kappa shape index (κ3) is 5.87. The molecule has 0 aromatic heterocycles. The van der Waals surface area contributed by atoms with Crippen LogP contribution in [0.1, 0.15) is 19.4 Å². The van der Waals surface area contributed by atoms with E-state index in [0.29, 0.717) is 42.8 Å². The molecule has 1 rings (SSSR count). The third-order valence-electron chi connectivity index (χ3n) is 2.28. The van der Waals surface area contributed by atoms with Gasteiger partial charge >= 0.3 is 0 Å². The van der Waals surface area contributed by atoms with E-state index in [0.717, 1.165) is 5.56 Å². The van der Waals surface area contributed by atoms with Crippen molar-refractivity contribution in [3.63, 3.8) is 0 Å². The van der Waals surface area contributed by atoms with Gasteiger partial charge in [0, 0.05) is 13.1 Å². The van der Waals surface area contributed by atoms with Crippen molar-refractivity contribution in [3.05, 3.63) is 22.7 Å². The molecule has 6 heteroatoms. The van der Waals surface area contributed by atoms with Gasteiger partial charge in [-0.3, -0.25) is 0 Å². The number of aliphatic hydroxyl groups is 1. The van der Waals surface area contributed by atoms with E-state index >= 15 is 0 Å². The van der Waals surface area contributed by atoms with E-state index in [1.165, 1.54) is 0 Å². The van der Waals surface area contributed by atoms with Crippen LogP contribution in [-0.4, -0.2) is 31.5 Å². The van der Waals surface area contributed by atoms with E-state index in [1.807, 2.05) is 26.0 Å². The summed E-state index contributed by atoms with van der Waals surface area (Å²) in [6.07, 6.45) is 0. The SMILES string of the molecule is CCOc1cc(CNCCO)cc(Cl)c1OCC.Cl. The van der Waals surface area contributed by atoms with Crippen LogP contribution >= 0.6 is 24.0 Å². The minimum Gasteiger partial charge on any atom is -0.490 e. The van der Waals surface area contributed by atoms with Gasteiger partial charge in [-0.25, -0.2) is 0 Å². The lowest BCUT2D eigenvalue weighted by atomic mass is 10.2. The Morgan fingerprint density at radius 1 is 1.21 bits per heavy atom. The molecule has 0 fully saturated rings. The van der Waals surface area contributed by atoms with E-state index in [2.05, 4.69) is 5.32 Å². The van der Waals surface area contributed by atoms with E-state index in [-0.39, 0.29) is 19.0 Å². The number of hydrogen-bond donors (Lipinski definition) is 2. The Morgan fingerprint density at radius 3 is 2.47 bits per heavy atom. The van der Waals surface area contributed by atoms with Crippen LogP contribution in [0.5, 0.6) is 11.5 Å². The Kier molecular flexibility index (Phi) is 9.79. The highest BCUT2D eigenvalue weighted by Crippen LogP contribution is 2.36. The van der Waals surface area contributed by atoms with Gasteiger partial charge in [-0.05, 0) is 31.5 Å². The predicted octanol–water partition coefficient (Wildman–Crippen LogP) is 2.64. The normalized spacial score (nSPS) is 9.89. The Morgan fingerprint density at radius 2 is 1.89 bits per heavy atom. The standard InChI is InChI=1S/C13H20ClNO3.ClH/c1-3-17-12-8-10(9-15-5-6-16)7-11(14)13(12)18-4-2;/h7-8,15-16H,3-6,9H2,1-2H3;1H. The van der Waals surface area contributed by atoms with Gasteiger partial charge < -0.3 is 19.9 Å². The van der Waals surface area contributed by atoms with Crippen molar-refractivity contribution in [2.24, 2.45) is 0 Å². The van der Waals surface area contributed by atoms with Crippen LogP contribution < -0.4 is 14.8 Å². The lowest BCUT2D eigenvalue weighted by Crippen LogP contribution is -2.17. The van der Waals surface area contributed by atoms with Crippen molar-refractivity contribution in [2.75, 3.05) is 26.4 Å². The first-order valence-corrected chi connectivity index (χ1v) is 6.50. The minimum atomic E-state index is 0. The molecule has 0 spiro atoms. The second-order valence-corrected chi connectivity index (χ2v) is 4.08.